The number of rotatable bonds is 4. The van der Waals surface area contributed by atoms with E-state index >= 15 is 0 Å². The van der Waals surface area contributed by atoms with Gasteiger partial charge in [0.25, 0.3) is 0 Å². The smallest absolute Gasteiger partial charge is 0.0198 e. The molecule has 2 nitrogen and oxygen atoms in total. The molecule has 0 aromatic heterocycles. The summed E-state index contributed by atoms with van der Waals surface area (Å²) in [6.45, 7) is 3.84. The summed E-state index contributed by atoms with van der Waals surface area (Å²) >= 11 is 2.05. The quantitative estimate of drug-likeness (QED) is 0.814. The third-order valence-electron chi connectivity index (χ3n) is 4.15. The number of nitrogens with one attached hydrogen (secondary N) is 1. The fourth-order valence-electron chi connectivity index (χ4n) is 3.20. The van der Waals surface area contributed by atoms with E-state index in [1.807, 2.05) is 0 Å². The summed E-state index contributed by atoms with van der Waals surface area (Å²) in [7, 11) is 2.26. The van der Waals surface area contributed by atoms with E-state index in [0.29, 0.717) is 0 Å². The van der Waals surface area contributed by atoms with Gasteiger partial charge < -0.3 is 10.2 Å². The monoisotopic (exact) mass is 242 g/mol. The van der Waals surface area contributed by atoms with Gasteiger partial charge in [-0.2, -0.15) is 11.8 Å². The SMILES string of the molecule is CSC1CCCC1NCC1CCCN(C)C1. The Morgan fingerprint density at radius 2 is 2.12 bits per heavy atom. The summed E-state index contributed by atoms with van der Waals surface area (Å²) in [5.41, 5.74) is 0. The van der Waals surface area contributed by atoms with Crippen molar-refractivity contribution in [2.45, 2.75) is 43.4 Å². The maximum Gasteiger partial charge on any atom is 0.0198 e. The van der Waals surface area contributed by atoms with Crippen molar-refractivity contribution in [3.63, 3.8) is 0 Å². The van der Waals surface area contributed by atoms with Crippen LogP contribution in [0, 0.1) is 5.92 Å². The minimum atomic E-state index is 0.794. The van der Waals surface area contributed by atoms with Crippen LogP contribution in [0.3, 0.4) is 0 Å². The van der Waals surface area contributed by atoms with Crippen LogP contribution >= 0.6 is 11.8 Å². The normalized spacial score (nSPS) is 36.8. The van der Waals surface area contributed by atoms with Crippen LogP contribution in [0.15, 0.2) is 0 Å². The summed E-state index contributed by atoms with van der Waals surface area (Å²) in [4.78, 5) is 2.48. The Morgan fingerprint density at radius 3 is 2.88 bits per heavy atom. The highest BCUT2D eigenvalue weighted by atomic mass is 32.2. The first kappa shape index (κ1) is 12.7. The van der Waals surface area contributed by atoms with E-state index < -0.39 is 0 Å². The molecular formula is C13H26N2S. The fraction of sp³-hybridized carbons (Fsp3) is 1.00. The third-order valence-corrected chi connectivity index (χ3v) is 5.32. The molecule has 2 aliphatic rings. The average molecular weight is 242 g/mol. The molecule has 1 saturated heterocycles. The largest absolute Gasteiger partial charge is 0.313 e. The second-order valence-electron chi connectivity index (χ2n) is 5.49. The van der Waals surface area contributed by atoms with Crippen molar-refractivity contribution in [1.29, 1.82) is 0 Å². The summed E-state index contributed by atoms with van der Waals surface area (Å²) in [6, 6.07) is 0.794. The lowest BCUT2D eigenvalue weighted by Crippen LogP contribution is -2.42. The van der Waals surface area contributed by atoms with E-state index in [-0.39, 0.29) is 0 Å². The predicted molar refractivity (Wildman–Crippen MR) is 73.2 cm³/mol. The van der Waals surface area contributed by atoms with Crippen molar-refractivity contribution < 1.29 is 0 Å². The van der Waals surface area contributed by atoms with Crippen molar-refractivity contribution in [2.24, 2.45) is 5.92 Å². The van der Waals surface area contributed by atoms with Crippen molar-refractivity contribution in [3.8, 4) is 0 Å². The third kappa shape index (κ3) is 3.38. The zero-order valence-corrected chi connectivity index (χ0v) is 11.6. The molecule has 1 aliphatic carbocycles. The van der Waals surface area contributed by atoms with E-state index in [0.717, 1.165) is 17.2 Å². The van der Waals surface area contributed by atoms with Crippen LogP contribution in [0.5, 0.6) is 0 Å². The first-order valence-electron chi connectivity index (χ1n) is 6.74. The van der Waals surface area contributed by atoms with Crippen LogP contribution in [0.4, 0.5) is 0 Å². The summed E-state index contributed by atoms with van der Waals surface area (Å²) in [5, 5.41) is 4.70. The van der Waals surface area contributed by atoms with Gasteiger partial charge in [0.1, 0.15) is 0 Å². The van der Waals surface area contributed by atoms with E-state index in [1.165, 1.54) is 51.7 Å². The van der Waals surface area contributed by atoms with E-state index in [2.05, 4.69) is 35.3 Å². The second kappa shape index (κ2) is 6.27. The highest BCUT2D eigenvalue weighted by Gasteiger charge is 2.27. The van der Waals surface area contributed by atoms with Gasteiger partial charge >= 0.3 is 0 Å². The Kier molecular flexibility index (Phi) is 4.98. The number of thioether (sulfide) groups is 1. The molecule has 1 heterocycles. The molecule has 0 aromatic rings. The highest BCUT2D eigenvalue weighted by molar-refractivity contribution is 7.99. The first-order chi connectivity index (χ1) is 7.79. The van der Waals surface area contributed by atoms with E-state index in [1.54, 1.807) is 0 Å². The molecule has 1 saturated carbocycles. The average Bonchev–Trinajstić information content (AvgIpc) is 2.74. The number of likely N-dealkylation sites (tertiary alicyclic amines) is 1. The second-order valence-corrected chi connectivity index (χ2v) is 6.57. The maximum absolute atomic E-state index is 3.83. The van der Waals surface area contributed by atoms with Crippen LogP contribution in [0.25, 0.3) is 0 Å². The van der Waals surface area contributed by atoms with Crippen molar-refractivity contribution in [3.05, 3.63) is 0 Å². The predicted octanol–water partition coefficient (Wildman–Crippen LogP) is 2.20. The minimum Gasteiger partial charge on any atom is -0.313 e. The molecule has 1 N–H and O–H groups in total. The topological polar surface area (TPSA) is 15.3 Å². The van der Waals surface area contributed by atoms with E-state index in [9.17, 15) is 0 Å². The van der Waals surface area contributed by atoms with Crippen LogP contribution in [-0.2, 0) is 0 Å². The van der Waals surface area contributed by atoms with Crippen LogP contribution in [0.1, 0.15) is 32.1 Å². The summed E-state index contributed by atoms with van der Waals surface area (Å²) in [5.74, 6) is 0.891. The van der Waals surface area contributed by atoms with E-state index in [4.69, 9.17) is 0 Å². The van der Waals surface area contributed by atoms with Gasteiger partial charge in [-0.05, 0) is 58.0 Å². The number of hydrogen-bond donors (Lipinski definition) is 1. The molecule has 2 rings (SSSR count). The molecule has 3 atom stereocenters. The lowest BCUT2D eigenvalue weighted by molar-refractivity contribution is 0.203. The highest BCUT2D eigenvalue weighted by Crippen LogP contribution is 2.28. The molecule has 0 bridgehead atoms. The standard InChI is InChI=1S/C13H26N2S/c1-15-8-4-5-11(10-15)9-14-12-6-3-7-13(12)16-2/h11-14H,3-10H2,1-2H3. The Hall–Kier alpha value is 0.270. The fourth-order valence-corrected chi connectivity index (χ4v) is 4.16. The molecule has 0 amide bonds. The summed E-state index contributed by atoms with van der Waals surface area (Å²) < 4.78 is 0. The van der Waals surface area contributed by atoms with Gasteiger partial charge in [-0.15, -0.1) is 0 Å². The Bertz CT molecular complexity index is 210. The lowest BCUT2D eigenvalue weighted by atomic mass is 9.98. The van der Waals surface area contributed by atoms with Gasteiger partial charge in [0.15, 0.2) is 0 Å². The molecule has 0 radical (unpaired) electrons. The zero-order valence-electron chi connectivity index (χ0n) is 10.7. The number of piperidine rings is 1. The van der Waals surface area contributed by atoms with Crippen molar-refractivity contribution >= 4 is 11.8 Å². The first-order valence-corrected chi connectivity index (χ1v) is 8.03. The van der Waals surface area contributed by atoms with Gasteiger partial charge in [-0.25, -0.2) is 0 Å². The van der Waals surface area contributed by atoms with Gasteiger partial charge in [-0.1, -0.05) is 6.42 Å². The van der Waals surface area contributed by atoms with Gasteiger partial charge in [0, 0.05) is 17.8 Å². The van der Waals surface area contributed by atoms with Crippen LogP contribution in [-0.4, -0.2) is 49.1 Å². The zero-order chi connectivity index (χ0) is 11.4. The Balaban J connectivity index is 1.70. The molecule has 0 aromatic carbocycles. The summed E-state index contributed by atoms with van der Waals surface area (Å²) in [6.07, 6.45) is 9.32. The molecule has 1 aliphatic heterocycles. The maximum atomic E-state index is 3.83. The van der Waals surface area contributed by atoms with Crippen molar-refractivity contribution in [1.82, 2.24) is 10.2 Å². The lowest BCUT2D eigenvalue weighted by Gasteiger charge is -2.31. The molecular weight excluding hydrogens is 216 g/mol. The molecule has 3 heteroatoms. The van der Waals surface area contributed by atoms with Gasteiger partial charge in [0.05, 0.1) is 0 Å². The number of hydrogen-bond acceptors (Lipinski definition) is 3. The molecule has 0 spiro atoms. The molecule has 94 valence electrons. The van der Waals surface area contributed by atoms with Crippen LogP contribution < -0.4 is 5.32 Å². The Labute approximate surface area is 105 Å². The van der Waals surface area contributed by atoms with Gasteiger partial charge in [-0.3, -0.25) is 0 Å². The van der Waals surface area contributed by atoms with Gasteiger partial charge in [0.2, 0.25) is 0 Å². The van der Waals surface area contributed by atoms with Crippen molar-refractivity contribution in [2.75, 3.05) is 32.9 Å². The molecule has 2 fully saturated rings. The molecule has 3 unspecified atom stereocenters. The van der Waals surface area contributed by atoms with Crippen LogP contribution in [0.2, 0.25) is 0 Å². The Morgan fingerprint density at radius 1 is 1.25 bits per heavy atom. The molecule has 16 heavy (non-hydrogen) atoms. The number of nitrogens with zero attached hydrogens (tertiary/aromatic N) is 1. The minimum absolute atomic E-state index is 0.794.